The van der Waals surface area contributed by atoms with Gasteiger partial charge in [0, 0.05) is 25.7 Å². The van der Waals surface area contributed by atoms with Crippen LogP contribution in [0.3, 0.4) is 0 Å². The molecule has 1 aliphatic heterocycles. The highest BCUT2D eigenvalue weighted by atomic mass is 19.1. The van der Waals surface area contributed by atoms with E-state index in [-0.39, 0.29) is 24.6 Å². The lowest BCUT2D eigenvalue weighted by atomic mass is 10.1. The van der Waals surface area contributed by atoms with E-state index in [0.717, 1.165) is 6.07 Å². The number of hydrogen-bond acceptors (Lipinski definition) is 3. The summed E-state index contributed by atoms with van der Waals surface area (Å²) in [6.45, 7) is 1.75. The third-order valence-corrected chi connectivity index (χ3v) is 2.67. The maximum atomic E-state index is 13.6. The molecule has 2 amide bonds. The second-order valence-electron chi connectivity index (χ2n) is 4.24. The number of aliphatic hydroxyl groups is 1. The van der Waals surface area contributed by atoms with Crippen LogP contribution in [0.15, 0.2) is 18.2 Å². The normalized spacial score (nSPS) is 15.2. The summed E-state index contributed by atoms with van der Waals surface area (Å²) in [7, 11) is 0. The number of anilines is 1. The van der Waals surface area contributed by atoms with Crippen LogP contribution in [-0.4, -0.2) is 41.0 Å². The van der Waals surface area contributed by atoms with Crippen molar-refractivity contribution >= 4 is 17.5 Å². The Morgan fingerprint density at radius 3 is 2.67 bits per heavy atom. The summed E-state index contributed by atoms with van der Waals surface area (Å²) in [5.74, 6) is -1.42. The molecule has 1 aromatic rings. The SMILES string of the molecule is CC(=O)Nc1ccc(F)c(C(=O)N2CC(O)C2)c1. The summed E-state index contributed by atoms with van der Waals surface area (Å²) in [5, 5.41) is 11.6. The molecule has 0 saturated carbocycles. The molecule has 0 radical (unpaired) electrons. The Morgan fingerprint density at radius 2 is 2.11 bits per heavy atom. The first-order chi connectivity index (χ1) is 8.47. The number of amides is 2. The molecule has 18 heavy (non-hydrogen) atoms. The van der Waals surface area contributed by atoms with Gasteiger partial charge in [-0.05, 0) is 18.2 Å². The van der Waals surface area contributed by atoms with Crippen LogP contribution in [0.5, 0.6) is 0 Å². The average Bonchev–Trinajstić information content (AvgIpc) is 2.26. The van der Waals surface area contributed by atoms with E-state index in [1.807, 2.05) is 0 Å². The van der Waals surface area contributed by atoms with Crippen LogP contribution >= 0.6 is 0 Å². The number of likely N-dealkylation sites (tertiary alicyclic amines) is 1. The Labute approximate surface area is 103 Å². The zero-order chi connectivity index (χ0) is 13.3. The van der Waals surface area contributed by atoms with Crippen molar-refractivity contribution in [1.29, 1.82) is 0 Å². The molecule has 0 spiro atoms. The molecule has 5 nitrogen and oxygen atoms in total. The third kappa shape index (κ3) is 2.48. The predicted molar refractivity (Wildman–Crippen MR) is 62.6 cm³/mol. The molecule has 0 bridgehead atoms. The van der Waals surface area contributed by atoms with Gasteiger partial charge in [-0.2, -0.15) is 0 Å². The van der Waals surface area contributed by atoms with Crippen molar-refractivity contribution in [1.82, 2.24) is 4.90 Å². The summed E-state index contributed by atoms with van der Waals surface area (Å²) in [6.07, 6.45) is -0.532. The number of carbonyl (C=O) groups excluding carboxylic acids is 2. The van der Waals surface area contributed by atoms with Crippen molar-refractivity contribution in [3.63, 3.8) is 0 Å². The molecule has 6 heteroatoms. The molecule has 0 unspecified atom stereocenters. The predicted octanol–water partition coefficient (Wildman–Crippen LogP) is 0.601. The van der Waals surface area contributed by atoms with Crippen LogP contribution in [0.25, 0.3) is 0 Å². The number of aliphatic hydroxyl groups excluding tert-OH is 1. The summed E-state index contributed by atoms with van der Waals surface area (Å²) in [6, 6.07) is 3.82. The quantitative estimate of drug-likeness (QED) is 0.809. The van der Waals surface area contributed by atoms with Crippen molar-refractivity contribution in [3.05, 3.63) is 29.6 Å². The van der Waals surface area contributed by atoms with Crippen LogP contribution in [0.1, 0.15) is 17.3 Å². The van der Waals surface area contributed by atoms with E-state index < -0.39 is 17.8 Å². The zero-order valence-electron chi connectivity index (χ0n) is 9.81. The maximum Gasteiger partial charge on any atom is 0.257 e. The Kier molecular flexibility index (Phi) is 3.29. The van der Waals surface area contributed by atoms with Crippen LogP contribution < -0.4 is 5.32 Å². The van der Waals surface area contributed by atoms with Crippen molar-refractivity contribution in [2.75, 3.05) is 18.4 Å². The van der Waals surface area contributed by atoms with Gasteiger partial charge in [-0.25, -0.2) is 4.39 Å². The van der Waals surface area contributed by atoms with Gasteiger partial charge in [-0.1, -0.05) is 0 Å². The van der Waals surface area contributed by atoms with Gasteiger partial charge in [0.2, 0.25) is 5.91 Å². The molecule has 96 valence electrons. The molecule has 0 aliphatic carbocycles. The first-order valence-corrected chi connectivity index (χ1v) is 5.52. The molecule has 2 N–H and O–H groups in total. The Balaban J connectivity index is 2.20. The van der Waals surface area contributed by atoms with Crippen LogP contribution in [0.2, 0.25) is 0 Å². The fraction of sp³-hybridized carbons (Fsp3) is 0.333. The van der Waals surface area contributed by atoms with E-state index in [4.69, 9.17) is 5.11 Å². The summed E-state index contributed by atoms with van der Waals surface area (Å²) in [4.78, 5) is 24.1. The lowest BCUT2D eigenvalue weighted by Crippen LogP contribution is -2.53. The Morgan fingerprint density at radius 1 is 1.44 bits per heavy atom. The van der Waals surface area contributed by atoms with Gasteiger partial charge in [-0.3, -0.25) is 9.59 Å². The lowest BCUT2D eigenvalue weighted by molar-refractivity contribution is -0.114. The molecular weight excluding hydrogens is 239 g/mol. The summed E-state index contributed by atoms with van der Waals surface area (Å²) < 4.78 is 13.6. The lowest BCUT2D eigenvalue weighted by Gasteiger charge is -2.35. The van der Waals surface area contributed by atoms with Gasteiger partial charge < -0.3 is 15.3 Å². The number of carbonyl (C=O) groups is 2. The molecule has 1 heterocycles. The van der Waals surface area contributed by atoms with Gasteiger partial charge >= 0.3 is 0 Å². The fourth-order valence-electron chi connectivity index (χ4n) is 1.76. The van der Waals surface area contributed by atoms with E-state index >= 15 is 0 Å². The highest BCUT2D eigenvalue weighted by molar-refractivity contribution is 5.97. The minimum absolute atomic E-state index is 0.104. The fourth-order valence-corrected chi connectivity index (χ4v) is 1.76. The summed E-state index contributed by atoms with van der Waals surface area (Å²) in [5.41, 5.74) is 0.265. The molecule has 1 saturated heterocycles. The van der Waals surface area contributed by atoms with Gasteiger partial charge in [-0.15, -0.1) is 0 Å². The monoisotopic (exact) mass is 252 g/mol. The first kappa shape index (κ1) is 12.5. The highest BCUT2D eigenvalue weighted by Crippen LogP contribution is 2.19. The molecule has 1 fully saturated rings. The van der Waals surface area contributed by atoms with E-state index in [0.29, 0.717) is 5.69 Å². The molecule has 1 aliphatic rings. The first-order valence-electron chi connectivity index (χ1n) is 5.52. The number of rotatable bonds is 2. The average molecular weight is 252 g/mol. The van der Waals surface area contributed by atoms with E-state index in [1.165, 1.54) is 24.0 Å². The van der Waals surface area contributed by atoms with Crippen molar-refractivity contribution in [3.8, 4) is 0 Å². The number of β-amino-alcohol motifs (C(OH)–C–C–N with tert-alkyl or cyclic N) is 1. The standard InChI is InChI=1S/C12H13FN2O3/c1-7(16)14-8-2-3-11(13)10(4-8)12(18)15-5-9(17)6-15/h2-4,9,17H,5-6H2,1H3,(H,14,16). The Hall–Kier alpha value is -1.95. The van der Waals surface area contributed by atoms with Crippen LogP contribution in [0.4, 0.5) is 10.1 Å². The van der Waals surface area contributed by atoms with Crippen LogP contribution in [-0.2, 0) is 4.79 Å². The van der Waals surface area contributed by atoms with Crippen molar-refractivity contribution in [2.45, 2.75) is 13.0 Å². The Bertz CT molecular complexity index is 498. The number of halogens is 1. The number of nitrogens with one attached hydrogen (secondary N) is 1. The summed E-state index contributed by atoms with van der Waals surface area (Å²) >= 11 is 0. The third-order valence-electron chi connectivity index (χ3n) is 2.67. The smallest absolute Gasteiger partial charge is 0.257 e. The maximum absolute atomic E-state index is 13.6. The largest absolute Gasteiger partial charge is 0.389 e. The minimum atomic E-state index is -0.643. The van der Waals surface area contributed by atoms with E-state index in [2.05, 4.69) is 5.32 Å². The van der Waals surface area contributed by atoms with Gasteiger partial charge in [0.25, 0.3) is 5.91 Å². The van der Waals surface area contributed by atoms with Crippen molar-refractivity contribution in [2.24, 2.45) is 0 Å². The van der Waals surface area contributed by atoms with Gasteiger partial charge in [0.05, 0.1) is 11.7 Å². The van der Waals surface area contributed by atoms with E-state index in [9.17, 15) is 14.0 Å². The highest BCUT2D eigenvalue weighted by Gasteiger charge is 2.30. The zero-order valence-corrected chi connectivity index (χ0v) is 9.81. The molecule has 0 atom stereocenters. The molecule has 1 aromatic carbocycles. The van der Waals surface area contributed by atoms with Crippen LogP contribution in [0, 0.1) is 5.82 Å². The second-order valence-corrected chi connectivity index (χ2v) is 4.24. The minimum Gasteiger partial charge on any atom is -0.389 e. The van der Waals surface area contributed by atoms with E-state index in [1.54, 1.807) is 0 Å². The van der Waals surface area contributed by atoms with Crippen molar-refractivity contribution < 1.29 is 19.1 Å². The van der Waals surface area contributed by atoms with Gasteiger partial charge in [0.15, 0.2) is 0 Å². The molecular formula is C12H13FN2O3. The number of benzene rings is 1. The topological polar surface area (TPSA) is 69.6 Å². The number of hydrogen-bond donors (Lipinski definition) is 2. The molecule has 0 aromatic heterocycles. The van der Waals surface area contributed by atoms with Gasteiger partial charge in [0.1, 0.15) is 5.82 Å². The second kappa shape index (κ2) is 4.73. The molecule has 2 rings (SSSR count). The number of nitrogens with zero attached hydrogens (tertiary/aromatic N) is 1.